The van der Waals surface area contributed by atoms with E-state index in [0.717, 1.165) is 55.4 Å². The second-order valence-electron chi connectivity index (χ2n) is 9.58. The third-order valence-electron chi connectivity index (χ3n) is 7.64. The van der Waals surface area contributed by atoms with Gasteiger partial charge in [-0.1, -0.05) is 0 Å². The van der Waals surface area contributed by atoms with Crippen molar-refractivity contribution in [3.05, 3.63) is 29.4 Å². The minimum Gasteiger partial charge on any atom is -0.380 e. The maximum Gasteiger partial charge on any atom is 0.185 e. The van der Waals surface area contributed by atoms with Crippen LogP contribution in [0.25, 0.3) is 22.3 Å². The van der Waals surface area contributed by atoms with Gasteiger partial charge >= 0.3 is 0 Å². The fraction of sp³-hybridized carbons (Fsp3) is 0.600. The summed E-state index contributed by atoms with van der Waals surface area (Å²) < 4.78 is 5.66. The Bertz CT molecular complexity index is 1040. The Morgan fingerprint density at radius 3 is 2.75 bits per heavy atom. The Hall–Kier alpha value is -1.96. The van der Waals surface area contributed by atoms with Crippen LogP contribution in [-0.4, -0.2) is 65.3 Å². The quantitative estimate of drug-likeness (QED) is 0.603. The van der Waals surface area contributed by atoms with Crippen molar-refractivity contribution in [3.63, 3.8) is 0 Å². The summed E-state index contributed by atoms with van der Waals surface area (Å²) in [6.07, 6.45) is 13.0. The van der Waals surface area contributed by atoms with Crippen LogP contribution in [0.5, 0.6) is 0 Å². The molecule has 3 aromatic heterocycles. The molecular weight excluding hydrogens is 418 g/mol. The highest BCUT2D eigenvalue weighted by Gasteiger charge is 2.28. The van der Waals surface area contributed by atoms with Gasteiger partial charge < -0.3 is 14.6 Å². The first-order chi connectivity index (χ1) is 15.8. The van der Waals surface area contributed by atoms with Gasteiger partial charge in [-0.15, -0.1) is 11.3 Å². The standard InChI is InChI=1S/C25H33N5OS/c1-2-9-30(8-1)25-28-23(17-32-25)22-16-27-24-21(22)14-19(15-26-24)18-4-6-20(7-5-18)29-10-3-12-31-13-11-29/h14-18,20H,1-13H2,(H,26,27)/t18-,20-. The van der Waals surface area contributed by atoms with Crippen LogP contribution in [0, 0.1) is 0 Å². The number of nitrogens with zero attached hydrogens (tertiary/aromatic N) is 4. The number of thiazole rings is 1. The monoisotopic (exact) mass is 451 g/mol. The average molecular weight is 452 g/mol. The zero-order chi connectivity index (χ0) is 21.3. The van der Waals surface area contributed by atoms with E-state index in [9.17, 15) is 0 Å². The van der Waals surface area contributed by atoms with Gasteiger partial charge in [-0.25, -0.2) is 9.97 Å². The lowest BCUT2D eigenvalue weighted by Gasteiger charge is -2.36. The Morgan fingerprint density at radius 1 is 1.00 bits per heavy atom. The highest BCUT2D eigenvalue weighted by molar-refractivity contribution is 7.14. The molecule has 32 heavy (non-hydrogen) atoms. The summed E-state index contributed by atoms with van der Waals surface area (Å²) in [7, 11) is 0. The maximum atomic E-state index is 5.66. The predicted molar refractivity (Wildman–Crippen MR) is 131 cm³/mol. The van der Waals surface area contributed by atoms with Crippen molar-refractivity contribution >= 4 is 27.5 Å². The van der Waals surface area contributed by atoms with Crippen LogP contribution in [0.2, 0.25) is 0 Å². The Labute approximate surface area is 194 Å². The summed E-state index contributed by atoms with van der Waals surface area (Å²) in [6, 6.07) is 3.11. The molecule has 0 aromatic carbocycles. The molecule has 3 aromatic rings. The minimum absolute atomic E-state index is 0.615. The average Bonchev–Trinajstić information content (AvgIpc) is 3.56. The van der Waals surface area contributed by atoms with E-state index in [-0.39, 0.29) is 0 Å². The lowest BCUT2D eigenvalue weighted by molar-refractivity contribution is 0.118. The molecule has 1 aliphatic carbocycles. The van der Waals surface area contributed by atoms with Crippen molar-refractivity contribution in [2.75, 3.05) is 44.3 Å². The summed E-state index contributed by atoms with van der Waals surface area (Å²) in [5.41, 5.74) is 4.63. The molecule has 0 radical (unpaired) electrons. The molecule has 170 valence electrons. The topological polar surface area (TPSA) is 57.3 Å². The summed E-state index contributed by atoms with van der Waals surface area (Å²) in [6.45, 7) is 6.40. The first-order valence-corrected chi connectivity index (χ1v) is 13.2. The third kappa shape index (κ3) is 4.06. The molecule has 2 saturated heterocycles. The lowest BCUT2D eigenvalue weighted by atomic mass is 9.81. The third-order valence-corrected chi connectivity index (χ3v) is 8.54. The van der Waals surface area contributed by atoms with Crippen molar-refractivity contribution in [2.24, 2.45) is 0 Å². The van der Waals surface area contributed by atoms with Gasteiger partial charge in [-0.2, -0.15) is 0 Å². The number of ether oxygens (including phenoxy) is 1. The van der Waals surface area contributed by atoms with Crippen molar-refractivity contribution in [1.82, 2.24) is 19.9 Å². The number of aromatic nitrogens is 3. The zero-order valence-corrected chi connectivity index (χ0v) is 19.6. The summed E-state index contributed by atoms with van der Waals surface area (Å²) in [5.74, 6) is 0.615. The van der Waals surface area contributed by atoms with E-state index >= 15 is 0 Å². The Balaban J connectivity index is 1.19. The summed E-state index contributed by atoms with van der Waals surface area (Å²) >= 11 is 1.77. The molecule has 3 fully saturated rings. The highest BCUT2D eigenvalue weighted by Crippen LogP contribution is 2.38. The Kier molecular flexibility index (Phi) is 5.88. The number of pyridine rings is 1. The molecule has 1 N–H and O–H groups in total. The molecule has 6 nitrogen and oxygen atoms in total. The number of H-pyrrole nitrogens is 1. The van der Waals surface area contributed by atoms with Gasteiger partial charge in [0.1, 0.15) is 5.65 Å². The Morgan fingerprint density at radius 2 is 1.88 bits per heavy atom. The van der Waals surface area contributed by atoms with Crippen molar-refractivity contribution in [3.8, 4) is 11.3 Å². The van der Waals surface area contributed by atoms with Crippen LogP contribution < -0.4 is 4.90 Å². The lowest BCUT2D eigenvalue weighted by Crippen LogP contribution is -2.39. The van der Waals surface area contributed by atoms with Crippen molar-refractivity contribution < 1.29 is 4.74 Å². The first-order valence-electron chi connectivity index (χ1n) is 12.3. The molecule has 2 aliphatic heterocycles. The van der Waals surface area contributed by atoms with E-state index in [4.69, 9.17) is 14.7 Å². The van der Waals surface area contributed by atoms with E-state index < -0.39 is 0 Å². The van der Waals surface area contributed by atoms with Gasteiger partial charge in [0, 0.05) is 67.6 Å². The molecule has 5 heterocycles. The van der Waals surface area contributed by atoms with E-state index in [1.54, 1.807) is 11.3 Å². The number of rotatable bonds is 4. The summed E-state index contributed by atoms with van der Waals surface area (Å²) in [5, 5.41) is 4.58. The minimum atomic E-state index is 0.615. The maximum absolute atomic E-state index is 5.66. The molecule has 6 rings (SSSR count). The SMILES string of the molecule is c1sc(N2CCCC2)nc1-c1c[nH]c2ncc([C@H]3CC[C@H](N4CCCOCC4)CC3)cc12. The molecule has 3 aliphatic rings. The molecule has 0 bridgehead atoms. The van der Waals surface area contributed by atoms with Gasteiger partial charge in [0.05, 0.1) is 12.3 Å². The van der Waals surface area contributed by atoms with Crippen LogP contribution >= 0.6 is 11.3 Å². The predicted octanol–water partition coefficient (Wildman–Crippen LogP) is 5.04. The fourth-order valence-electron chi connectivity index (χ4n) is 5.80. The van der Waals surface area contributed by atoms with Gasteiger partial charge in [0.2, 0.25) is 0 Å². The zero-order valence-electron chi connectivity index (χ0n) is 18.8. The van der Waals surface area contributed by atoms with Gasteiger partial charge in [-0.05, 0) is 62.5 Å². The van der Waals surface area contributed by atoms with Crippen LogP contribution in [0.15, 0.2) is 23.8 Å². The molecule has 1 saturated carbocycles. The molecular formula is C25H33N5OS. The number of aromatic amines is 1. The van der Waals surface area contributed by atoms with Gasteiger partial charge in [0.25, 0.3) is 0 Å². The van der Waals surface area contributed by atoms with E-state index in [1.165, 1.54) is 68.0 Å². The highest BCUT2D eigenvalue weighted by atomic mass is 32.1. The number of hydrogen-bond acceptors (Lipinski definition) is 6. The second-order valence-corrected chi connectivity index (χ2v) is 10.4. The fourth-order valence-corrected chi connectivity index (χ4v) is 6.68. The summed E-state index contributed by atoms with van der Waals surface area (Å²) in [4.78, 5) is 18.2. The van der Waals surface area contributed by atoms with Crippen LogP contribution in [-0.2, 0) is 4.74 Å². The number of nitrogens with one attached hydrogen (secondary N) is 1. The normalized spacial score (nSPS) is 25.4. The van der Waals surface area contributed by atoms with Gasteiger partial charge in [-0.3, -0.25) is 4.90 Å². The molecule has 0 atom stereocenters. The van der Waals surface area contributed by atoms with Crippen LogP contribution in [0.4, 0.5) is 5.13 Å². The molecule has 0 spiro atoms. The van der Waals surface area contributed by atoms with E-state index in [2.05, 4.69) is 38.6 Å². The smallest absolute Gasteiger partial charge is 0.185 e. The van der Waals surface area contributed by atoms with Crippen molar-refractivity contribution in [1.29, 1.82) is 0 Å². The first kappa shape index (κ1) is 20.6. The molecule has 7 heteroatoms. The largest absolute Gasteiger partial charge is 0.380 e. The van der Waals surface area contributed by atoms with Crippen molar-refractivity contribution in [2.45, 2.75) is 56.9 Å². The second kappa shape index (κ2) is 9.12. The number of anilines is 1. The van der Waals surface area contributed by atoms with Crippen LogP contribution in [0.1, 0.15) is 56.4 Å². The van der Waals surface area contributed by atoms with Gasteiger partial charge in [0.15, 0.2) is 5.13 Å². The van der Waals surface area contributed by atoms with E-state index in [0.29, 0.717) is 5.92 Å². The number of fused-ring (bicyclic) bond motifs is 1. The molecule has 0 unspecified atom stereocenters. The van der Waals surface area contributed by atoms with E-state index in [1.807, 2.05) is 0 Å². The van der Waals surface area contributed by atoms with Crippen LogP contribution in [0.3, 0.4) is 0 Å². The molecule has 0 amide bonds. The number of hydrogen-bond donors (Lipinski definition) is 1.